The van der Waals surface area contributed by atoms with Gasteiger partial charge in [-0.1, -0.05) is 0 Å². The van der Waals surface area contributed by atoms with Crippen molar-refractivity contribution < 1.29 is 18.1 Å². The van der Waals surface area contributed by atoms with Gasteiger partial charge in [0.15, 0.2) is 0 Å². The molecular weight excluding hydrogens is 286 g/mol. The van der Waals surface area contributed by atoms with Gasteiger partial charge in [-0.15, -0.1) is 0 Å². The van der Waals surface area contributed by atoms with Gasteiger partial charge in [-0.3, -0.25) is 10.1 Å². The molecule has 1 atom stereocenters. The number of anilines is 1. The van der Waals surface area contributed by atoms with Crippen LogP contribution in [-0.2, 0) is 14.8 Å². The van der Waals surface area contributed by atoms with Crippen molar-refractivity contribution in [1.82, 2.24) is 0 Å². The summed E-state index contributed by atoms with van der Waals surface area (Å²) in [4.78, 5) is 12.0. The Balaban J connectivity index is 2.45. The second-order valence-corrected chi connectivity index (χ2v) is 6.14. The van der Waals surface area contributed by atoms with Gasteiger partial charge in [0.1, 0.15) is 5.69 Å². The summed E-state index contributed by atoms with van der Waals surface area (Å²) in [7, 11) is -2.25. The van der Waals surface area contributed by atoms with Crippen molar-refractivity contribution in [3.8, 4) is 0 Å². The molecule has 1 aliphatic heterocycles. The maximum Gasteiger partial charge on any atom is 0.293 e. The lowest BCUT2D eigenvalue weighted by molar-refractivity contribution is -0.384. The van der Waals surface area contributed by atoms with E-state index in [-0.39, 0.29) is 16.6 Å². The quantitative estimate of drug-likeness (QED) is 0.638. The van der Waals surface area contributed by atoms with Gasteiger partial charge in [0.2, 0.25) is 10.0 Å². The lowest BCUT2D eigenvalue weighted by atomic mass is 10.2. The number of primary sulfonamides is 1. The van der Waals surface area contributed by atoms with Gasteiger partial charge in [0, 0.05) is 19.7 Å². The first kappa shape index (κ1) is 14.7. The standard InChI is InChI=1S/C11H15N3O5S/c1-13(8-4-5-19-7-8)10-3-2-9(20(12,17)18)6-11(10)14(15)16/h2-3,6,8H,4-5,7H2,1H3,(H2,12,17,18)/t8-/m0/s1. The molecule has 1 aromatic carbocycles. The summed E-state index contributed by atoms with van der Waals surface area (Å²) in [6.45, 7) is 1.10. The first-order chi connectivity index (χ1) is 9.30. The van der Waals surface area contributed by atoms with E-state index >= 15 is 0 Å². The largest absolute Gasteiger partial charge is 0.379 e. The molecule has 0 bridgehead atoms. The topological polar surface area (TPSA) is 116 Å². The van der Waals surface area contributed by atoms with E-state index in [2.05, 4.69) is 0 Å². The van der Waals surface area contributed by atoms with Crippen molar-refractivity contribution >= 4 is 21.4 Å². The lowest BCUT2D eigenvalue weighted by Gasteiger charge is -2.25. The summed E-state index contributed by atoms with van der Waals surface area (Å²) >= 11 is 0. The van der Waals surface area contributed by atoms with Crippen molar-refractivity contribution in [2.75, 3.05) is 25.2 Å². The Morgan fingerprint density at radius 2 is 2.20 bits per heavy atom. The van der Waals surface area contributed by atoms with Crippen molar-refractivity contribution in [3.63, 3.8) is 0 Å². The number of benzene rings is 1. The zero-order chi connectivity index (χ0) is 14.9. The van der Waals surface area contributed by atoms with E-state index in [0.29, 0.717) is 18.9 Å². The van der Waals surface area contributed by atoms with Crippen molar-refractivity contribution in [1.29, 1.82) is 0 Å². The summed E-state index contributed by atoms with van der Waals surface area (Å²) < 4.78 is 27.8. The first-order valence-corrected chi connectivity index (χ1v) is 7.47. The Morgan fingerprint density at radius 3 is 2.70 bits per heavy atom. The van der Waals surface area contributed by atoms with Crippen LogP contribution in [0, 0.1) is 10.1 Å². The number of hydrogen-bond acceptors (Lipinski definition) is 6. The monoisotopic (exact) mass is 301 g/mol. The summed E-state index contributed by atoms with van der Waals surface area (Å²) in [6, 6.07) is 3.69. The molecule has 1 aromatic rings. The number of likely N-dealkylation sites (N-methyl/N-ethyl adjacent to an activating group) is 1. The van der Waals surface area contributed by atoms with Crippen LogP contribution in [0.1, 0.15) is 6.42 Å². The van der Waals surface area contributed by atoms with Crippen molar-refractivity contribution in [3.05, 3.63) is 28.3 Å². The van der Waals surface area contributed by atoms with E-state index in [1.807, 2.05) is 0 Å². The molecule has 1 saturated heterocycles. The van der Waals surface area contributed by atoms with Crippen LogP contribution in [0.25, 0.3) is 0 Å². The average molecular weight is 301 g/mol. The van der Waals surface area contributed by atoms with Crippen molar-refractivity contribution in [2.24, 2.45) is 5.14 Å². The van der Waals surface area contributed by atoms with E-state index in [1.54, 1.807) is 11.9 Å². The van der Waals surface area contributed by atoms with E-state index in [0.717, 1.165) is 12.5 Å². The minimum Gasteiger partial charge on any atom is -0.379 e. The van der Waals surface area contributed by atoms with E-state index < -0.39 is 14.9 Å². The number of hydrogen-bond donors (Lipinski definition) is 1. The van der Waals surface area contributed by atoms with Crippen LogP contribution in [0.5, 0.6) is 0 Å². The molecule has 1 aliphatic rings. The maximum absolute atomic E-state index is 11.3. The molecule has 2 N–H and O–H groups in total. The fourth-order valence-electron chi connectivity index (χ4n) is 2.15. The van der Waals surface area contributed by atoms with Crippen LogP contribution >= 0.6 is 0 Å². The molecule has 2 rings (SSSR count). The molecule has 0 aromatic heterocycles. The Hall–Kier alpha value is -1.71. The third-order valence-electron chi connectivity index (χ3n) is 3.31. The third kappa shape index (κ3) is 2.89. The van der Waals surface area contributed by atoms with Gasteiger partial charge in [-0.2, -0.15) is 0 Å². The molecule has 9 heteroatoms. The second kappa shape index (κ2) is 5.35. The van der Waals surface area contributed by atoms with Gasteiger partial charge in [-0.05, 0) is 18.6 Å². The molecule has 1 fully saturated rings. The highest BCUT2D eigenvalue weighted by Gasteiger charge is 2.27. The lowest BCUT2D eigenvalue weighted by Crippen LogP contribution is -2.32. The molecule has 0 spiro atoms. The van der Waals surface area contributed by atoms with Crippen molar-refractivity contribution in [2.45, 2.75) is 17.4 Å². The smallest absolute Gasteiger partial charge is 0.293 e. The molecular formula is C11H15N3O5S. The molecule has 1 heterocycles. The van der Waals surface area contributed by atoms with Crippen LogP contribution in [-0.4, -0.2) is 39.6 Å². The van der Waals surface area contributed by atoms with Crippen LogP contribution in [0.2, 0.25) is 0 Å². The van der Waals surface area contributed by atoms with Gasteiger partial charge in [0.25, 0.3) is 5.69 Å². The average Bonchev–Trinajstić information content (AvgIpc) is 2.89. The van der Waals surface area contributed by atoms with Crippen LogP contribution in [0.4, 0.5) is 11.4 Å². The fourth-order valence-corrected chi connectivity index (χ4v) is 2.68. The minimum absolute atomic E-state index is 0.0361. The Kier molecular flexibility index (Phi) is 3.93. The van der Waals surface area contributed by atoms with Gasteiger partial charge in [0.05, 0.1) is 22.5 Å². The van der Waals surface area contributed by atoms with Gasteiger partial charge < -0.3 is 9.64 Å². The Bertz CT molecular complexity index is 625. The molecule has 8 nitrogen and oxygen atoms in total. The molecule has 110 valence electrons. The molecule has 0 aliphatic carbocycles. The summed E-state index contributed by atoms with van der Waals surface area (Å²) in [5.41, 5.74) is 0.0591. The highest BCUT2D eigenvalue weighted by Crippen LogP contribution is 2.32. The van der Waals surface area contributed by atoms with E-state index in [4.69, 9.17) is 9.88 Å². The molecule has 20 heavy (non-hydrogen) atoms. The molecule has 0 unspecified atom stereocenters. The number of rotatable bonds is 4. The number of nitro benzene ring substituents is 1. The normalized spacial score (nSPS) is 19.0. The van der Waals surface area contributed by atoms with Gasteiger partial charge >= 0.3 is 0 Å². The number of nitrogens with two attached hydrogens (primary N) is 1. The number of sulfonamides is 1. The summed E-state index contributed by atoms with van der Waals surface area (Å²) in [6.07, 6.45) is 0.768. The third-order valence-corrected chi connectivity index (χ3v) is 4.22. The first-order valence-electron chi connectivity index (χ1n) is 5.92. The fraction of sp³-hybridized carbons (Fsp3) is 0.455. The number of ether oxygens (including phenoxy) is 1. The van der Waals surface area contributed by atoms with Crippen LogP contribution in [0.3, 0.4) is 0 Å². The van der Waals surface area contributed by atoms with Crippen LogP contribution in [0.15, 0.2) is 23.1 Å². The van der Waals surface area contributed by atoms with Crippen LogP contribution < -0.4 is 10.0 Å². The zero-order valence-corrected chi connectivity index (χ0v) is 11.7. The van der Waals surface area contributed by atoms with E-state index in [9.17, 15) is 18.5 Å². The molecule has 0 saturated carbocycles. The molecule has 0 radical (unpaired) electrons. The predicted octanol–water partition coefficient (Wildman–Crippen LogP) is 0.467. The SMILES string of the molecule is CN(c1ccc(S(N)(=O)=O)cc1[N+](=O)[O-])[C@H]1CCOC1. The van der Waals surface area contributed by atoms with Gasteiger partial charge in [-0.25, -0.2) is 13.6 Å². The number of nitrogens with zero attached hydrogens (tertiary/aromatic N) is 2. The minimum atomic E-state index is -3.97. The summed E-state index contributed by atoms with van der Waals surface area (Å²) in [5.74, 6) is 0. The predicted molar refractivity (Wildman–Crippen MR) is 72.1 cm³/mol. The highest BCUT2D eigenvalue weighted by atomic mass is 32.2. The molecule has 0 amide bonds. The number of nitro groups is 1. The zero-order valence-electron chi connectivity index (χ0n) is 10.9. The Morgan fingerprint density at radius 1 is 1.50 bits per heavy atom. The summed E-state index contributed by atoms with van der Waals surface area (Å²) in [5, 5.41) is 16.1. The maximum atomic E-state index is 11.3. The Labute approximate surface area is 116 Å². The van der Waals surface area contributed by atoms with E-state index in [1.165, 1.54) is 12.1 Å². The second-order valence-electron chi connectivity index (χ2n) is 4.58. The highest BCUT2D eigenvalue weighted by molar-refractivity contribution is 7.89.